The van der Waals surface area contributed by atoms with Crippen LogP contribution in [0, 0.1) is 6.92 Å². The van der Waals surface area contributed by atoms with E-state index in [0.29, 0.717) is 16.4 Å². The Balaban J connectivity index is 1.84. The quantitative estimate of drug-likeness (QED) is 0.888. The lowest BCUT2D eigenvalue weighted by Gasteiger charge is -2.30. The van der Waals surface area contributed by atoms with E-state index in [4.69, 9.17) is 11.6 Å². The van der Waals surface area contributed by atoms with Crippen molar-refractivity contribution in [2.45, 2.75) is 19.9 Å². The van der Waals surface area contributed by atoms with Gasteiger partial charge in [0.15, 0.2) is 0 Å². The topological polar surface area (TPSA) is 73.8 Å². The number of aryl methyl sites for hydroxylation is 1. The second-order valence-corrected chi connectivity index (χ2v) is 6.12. The van der Waals surface area contributed by atoms with Crippen molar-refractivity contribution in [3.8, 4) is 0 Å². The minimum Gasteiger partial charge on any atom is -0.319 e. The molecule has 2 amide bonds. The van der Waals surface area contributed by atoms with Gasteiger partial charge >= 0.3 is 0 Å². The molecule has 2 aromatic carbocycles. The van der Waals surface area contributed by atoms with Crippen molar-refractivity contribution in [1.29, 1.82) is 0 Å². The summed E-state index contributed by atoms with van der Waals surface area (Å²) in [5, 5.41) is 4.63. The third-order valence-corrected chi connectivity index (χ3v) is 4.03. The van der Waals surface area contributed by atoms with Crippen LogP contribution in [0.3, 0.4) is 0 Å². The molecule has 2 N–H and O–H groups in total. The lowest BCUT2D eigenvalue weighted by molar-refractivity contribution is -0.120. The summed E-state index contributed by atoms with van der Waals surface area (Å²) in [6.45, 7) is 3.52. The lowest BCUT2D eigenvalue weighted by atomic mass is 10.2. The fraction of sp³-hybridized carbons (Fsp3) is 0.167. The van der Waals surface area contributed by atoms with Gasteiger partial charge in [-0.05, 0) is 43.7 Å². The summed E-state index contributed by atoms with van der Waals surface area (Å²) in [5.41, 5.74) is 4.90. The fourth-order valence-corrected chi connectivity index (χ4v) is 2.59. The molecule has 0 saturated carbocycles. The van der Waals surface area contributed by atoms with Crippen LogP contribution in [-0.2, 0) is 9.59 Å². The first-order valence-electron chi connectivity index (χ1n) is 7.76. The largest absolute Gasteiger partial charge is 0.319 e. The number of para-hydroxylation sites is 1. The minimum atomic E-state index is -0.664. The van der Waals surface area contributed by atoms with Gasteiger partial charge in [0, 0.05) is 10.7 Å². The number of amides is 2. The van der Waals surface area contributed by atoms with Crippen LogP contribution in [0.25, 0.3) is 0 Å². The van der Waals surface area contributed by atoms with Gasteiger partial charge in [0.2, 0.25) is 5.84 Å². The summed E-state index contributed by atoms with van der Waals surface area (Å²) >= 11 is 5.98. The maximum Gasteiger partial charge on any atom is 0.292 e. The van der Waals surface area contributed by atoms with Crippen LogP contribution in [0.4, 0.5) is 11.4 Å². The number of anilines is 2. The van der Waals surface area contributed by atoms with Crippen LogP contribution in [0.15, 0.2) is 53.5 Å². The molecular weight excluding hydrogens is 340 g/mol. The summed E-state index contributed by atoms with van der Waals surface area (Å²) in [7, 11) is 0. The van der Waals surface area contributed by atoms with Gasteiger partial charge in [0.1, 0.15) is 6.04 Å². The SMILES string of the molecule is Cc1ccc(Cl)cc1NC(=O)C1=NC(C)C(=O)N(c2ccccc2)N1. The van der Waals surface area contributed by atoms with Gasteiger partial charge in [-0.1, -0.05) is 35.9 Å². The van der Waals surface area contributed by atoms with E-state index in [1.165, 1.54) is 5.01 Å². The standard InChI is InChI=1S/C18H17ClN4O2/c1-11-8-9-13(19)10-15(11)21-17(24)16-20-12(2)18(25)23(22-16)14-6-4-3-5-7-14/h3-10,12H,1-2H3,(H,20,22)(H,21,24). The van der Waals surface area contributed by atoms with Crippen molar-refractivity contribution in [1.82, 2.24) is 5.43 Å². The summed E-state index contributed by atoms with van der Waals surface area (Å²) < 4.78 is 0. The zero-order valence-electron chi connectivity index (χ0n) is 13.8. The van der Waals surface area contributed by atoms with E-state index in [1.807, 2.05) is 31.2 Å². The van der Waals surface area contributed by atoms with Gasteiger partial charge in [-0.2, -0.15) is 0 Å². The first-order valence-corrected chi connectivity index (χ1v) is 8.14. The van der Waals surface area contributed by atoms with Gasteiger partial charge in [-0.3, -0.25) is 15.0 Å². The third kappa shape index (κ3) is 3.64. The molecule has 0 radical (unpaired) electrons. The summed E-state index contributed by atoms with van der Waals surface area (Å²) in [5.74, 6) is -0.609. The number of amidine groups is 1. The van der Waals surface area contributed by atoms with Gasteiger partial charge in [0.25, 0.3) is 11.8 Å². The number of halogens is 1. The highest BCUT2D eigenvalue weighted by molar-refractivity contribution is 6.43. The predicted octanol–water partition coefficient (Wildman–Crippen LogP) is 2.93. The van der Waals surface area contributed by atoms with Crippen molar-refractivity contribution < 1.29 is 9.59 Å². The van der Waals surface area contributed by atoms with Crippen LogP contribution in [0.5, 0.6) is 0 Å². The molecule has 128 valence electrons. The predicted molar refractivity (Wildman–Crippen MR) is 98.8 cm³/mol. The highest BCUT2D eigenvalue weighted by atomic mass is 35.5. The van der Waals surface area contributed by atoms with Gasteiger partial charge in [0.05, 0.1) is 5.69 Å². The Morgan fingerprint density at radius 1 is 1.24 bits per heavy atom. The van der Waals surface area contributed by atoms with E-state index < -0.39 is 11.9 Å². The molecule has 1 aliphatic heterocycles. The molecule has 0 aromatic heterocycles. The third-order valence-electron chi connectivity index (χ3n) is 3.80. The molecular formula is C18H17ClN4O2. The number of carbonyl (C=O) groups excluding carboxylic acids is 2. The molecule has 1 heterocycles. The molecule has 1 unspecified atom stereocenters. The molecule has 0 saturated heterocycles. The second kappa shape index (κ2) is 6.94. The Morgan fingerprint density at radius 3 is 2.68 bits per heavy atom. The molecule has 0 fully saturated rings. The van der Waals surface area contributed by atoms with Crippen molar-refractivity contribution in [3.05, 3.63) is 59.1 Å². The zero-order chi connectivity index (χ0) is 18.0. The van der Waals surface area contributed by atoms with Crippen molar-refractivity contribution in [2.24, 2.45) is 4.99 Å². The Kier molecular flexibility index (Phi) is 4.72. The van der Waals surface area contributed by atoms with Gasteiger partial charge in [-0.15, -0.1) is 0 Å². The average molecular weight is 357 g/mol. The fourth-order valence-electron chi connectivity index (χ4n) is 2.41. The van der Waals surface area contributed by atoms with Crippen LogP contribution in [0.1, 0.15) is 12.5 Å². The highest BCUT2D eigenvalue weighted by Gasteiger charge is 2.30. The highest BCUT2D eigenvalue weighted by Crippen LogP contribution is 2.21. The second-order valence-electron chi connectivity index (χ2n) is 5.69. The molecule has 1 atom stereocenters. The summed E-state index contributed by atoms with van der Waals surface area (Å²) in [6.07, 6.45) is 0. The first-order chi connectivity index (χ1) is 12.0. The minimum absolute atomic E-state index is 0.0651. The number of hydrogen-bond donors (Lipinski definition) is 2. The molecule has 3 rings (SSSR count). The lowest BCUT2D eigenvalue weighted by Crippen LogP contribution is -2.57. The Hall–Kier alpha value is -2.86. The van der Waals surface area contributed by atoms with Gasteiger partial charge in [-0.25, -0.2) is 10.0 Å². The van der Waals surface area contributed by atoms with E-state index in [-0.39, 0.29) is 11.7 Å². The molecule has 6 nitrogen and oxygen atoms in total. The number of hydrazine groups is 1. The monoisotopic (exact) mass is 356 g/mol. The maximum atomic E-state index is 12.6. The molecule has 25 heavy (non-hydrogen) atoms. The van der Waals surface area contributed by atoms with Crippen LogP contribution < -0.4 is 15.8 Å². The van der Waals surface area contributed by atoms with E-state index in [0.717, 1.165) is 5.56 Å². The first kappa shape index (κ1) is 17.0. The number of aliphatic imine (C=N–C) groups is 1. The molecule has 0 aliphatic carbocycles. The number of hydrogen-bond acceptors (Lipinski definition) is 4. The normalized spacial score (nSPS) is 16.9. The van der Waals surface area contributed by atoms with Crippen molar-refractivity contribution in [3.63, 3.8) is 0 Å². The molecule has 7 heteroatoms. The Bertz CT molecular complexity index is 851. The smallest absolute Gasteiger partial charge is 0.292 e. The molecule has 2 aromatic rings. The molecule has 1 aliphatic rings. The summed E-state index contributed by atoms with van der Waals surface area (Å²) in [4.78, 5) is 29.1. The number of rotatable bonds is 3. The molecule has 0 bridgehead atoms. The van der Waals surface area contributed by atoms with E-state index in [1.54, 1.807) is 31.2 Å². The molecule has 0 spiro atoms. The van der Waals surface area contributed by atoms with E-state index >= 15 is 0 Å². The van der Waals surface area contributed by atoms with Crippen LogP contribution in [-0.4, -0.2) is 23.7 Å². The number of nitrogens with one attached hydrogen (secondary N) is 2. The number of carbonyl (C=O) groups is 2. The number of nitrogens with zero attached hydrogens (tertiary/aromatic N) is 2. The average Bonchev–Trinajstić information content (AvgIpc) is 2.61. The van der Waals surface area contributed by atoms with Crippen LogP contribution in [0.2, 0.25) is 5.02 Å². The van der Waals surface area contributed by atoms with Crippen molar-refractivity contribution >= 4 is 40.6 Å². The maximum absolute atomic E-state index is 12.6. The van der Waals surface area contributed by atoms with Crippen molar-refractivity contribution in [2.75, 3.05) is 10.3 Å². The Labute approximate surface area is 150 Å². The van der Waals surface area contributed by atoms with Gasteiger partial charge < -0.3 is 5.32 Å². The van der Waals surface area contributed by atoms with E-state index in [9.17, 15) is 9.59 Å². The summed E-state index contributed by atoms with van der Waals surface area (Å²) in [6, 6.07) is 13.6. The van der Waals surface area contributed by atoms with E-state index in [2.05, 4.69) is 15.7 Å². The zero-order valence-corrected chi connectivity index (χ0v) is 14.5. The Morgan fingerprint density at radius 2 is 1.96 bits per heavy atom. The van der Waals surface area contributed by atoms with Crippen LogP contribution >= 0.6 is 11.6 Å². The number of benzene rings is 2.